The van der Waals surface area contributed by atoms with Crippen molar-refractivity contribution in [2.45, 2.75) is 24.9 Å². The molecule has 0 bridgehead atoms. The van der Waals surface area contributed by atoms with Gasteiger partial charge in [-0.3, -0.25) is 9.46 Å². The number of hydrogen-bond acceptors (Lipinski definition) is 12. The van der Waals surface area contributed by atoms with Crippen LogP contribution in [0, 0.1) is 0 Å². The second kappa shape index (κ2) is 8.63. The lowest BCUT2D eigenvalue weighted by atomic mass is 10.2. The van der Waals surface area contributed by atoms with Crippen LogP contribution in [0.15, 0.2) is 12.7 Å². The van der Waals surface area contributed by atoms with Crippen LogP contribution in [-0.4, -0.2) is 58.1 Å². The summed E-state index contributed by atoms with van der Waals surface area (Å²) in [5.74, 6) is 0.187. The van der Waals surface area contributed by atoms with Gasteiger partial charge in [-0.15, -0.1) is 4.52 Å². The summed E-state index contributed by atoms with van der Waals surface area (Å²) in [7, 11) is -12.9. The van der Waals surface area contributed by atoms with E-state index in [0.717, 1.165) is 0 Å². The Bertz CT molecular complexity index is 1020. The van der Waals surface area contributed by atoms with Crippen LogP contribution in [-0.2, 0) is 38.8 Å². The summed E-state index contributed by atoms with van der Waals surface area (Å²) in [5, 5.41) is 10.2. The largest absolute Gasteiger partial charge is 0.532 e. The number of ether oxygens (including phenoxy) is 1. The van der Waals surface area contributed by atoms with E-state index in [1.54, 1.807) is 4.57 Å². The normalized spacial score (nSPS) is 25.2. The first-order valence-electron chi connectivity index (χ1n) is 7.61. The number of nitrogens with zero attached hydrogens (tertiary/aromatic N) is 4. The maximum absolute atomic E-state index is 11.4. The van der Waals surface area contributed by atoms with Gasteiger partial charge in [0.25, 0.3) is 0 Å². The van der Waals surface area contributed by atoms with Crippen molar-refractivity contribution in [1.82, 2.24) is 19.5 Å². The Labute approximate surface area is 168 Å². The third-order valence-corrected chi connectivity index (χ3v) is 7.94. The molecule has 15 nitrogen and oxygen atoms in total. The van der Waals surface area contributed by atoms with Crippen LogP contribution in [0.1, 0.15) is 12.6 Å². The number of nitrogen functional groups attached to an aromatic ring is 1. The number of nitrogens with two attached hydrogens (primary N) is 1. The average molecular weight is 490 g/mol. The number of aliphatic hydroxyl groups is 1. The fourth-order valence-electron chi connectivity index (χ4n) is 2.51. The lowest BCUT2D eigenvalue weighted by molar-refractivity contribution is -0.0371. The van der Waals surface area contributed by atoms with Gasteiger partial charge in [0.05, 0.1) is 12.4 Å². The molecule has 0 radical (unpaired) electrons. The Kier molecular flexibility index (Phi) is 6.75. The summed E-state index contributed by atoms with van der Waals surface area (Å²) in [5.41, 5.74) is 6.51. The van der Waals surface area contributed by atoms with Crippen molar-refractivity contribution >= 4 is 51.6 Å². The Morgan fingerprint density at radius 2 is 2.07 bits per heavy atom. The van der Waals surface area contributed by atoms with Gasteiger partial charge in [-0.2, -0.15) is 4.31 Å². The van der Waals surface area contributed by atoms with Gasteiger partial charge in [-0.05, 0) is 4.31 Å². The summed E-state index contributed by atoms with van der Waals surface area (Å²) in [6, 6.07) is 0. The van der Waals surface area contributed by atoms with Gasteiger partial charge in [-0.1, -0.05) is 0 Å². The minimum absolute atomic E-state index is 0.152. The highest BCUT2D eigenvalue weighted by Crippen LogP contribution is 2.61. The molecule has 6 N–H and O–H groups in total. The van der Waals surface area contributed by atoms with Gasteiger partial charge in [0.15, 0.2) is 11.5 Å². The Hall–Kier alpha value is -0.990. The summed E-state index contributed by atoms with van der Waals surface area (Å²) in [4.78, 5) is 38.3. The number of aromatic nitrogens is 4. The Morgan fingerprint density at radius 3 is 2.76 bits per heavy atom. The number of hydrogen-bond donors (Lipinski definition) is 5. The zero-order chi connectivity index (χ0) is 21.4. The molecule has 1 aliphatic rings. The molecule has 1 aliphatic heterocycles. The first-order valence-corrected chi connectivity index (χ1v) is 12.8. The third kappa shape index (κ3) is 5.79. The van der Waals surface area contributed by atoms with Crippen molar-refractivity contribution in [2.24, 2.45) is 0 Å². The first kappa shape index (κ1) is 22.7. The van der Waals surface area contributed by atoms with Gasteiger partial charge >= 0.3 is 22.8 Å². The van der Waals surface area contributed by atoms with E-state index in [9.17, 15) is 19.1 Å². The van der Waals surface area contributed by atoms with Crippen LogP contribution in [0.25, 0.3) is 11.2 Å². The van der Waals surface area contributed by atoms with Crippen LogP contribution in [0.5, 0.6) is 0 Å². The number of imidazole rings is 1. The van der Waals surface area contributed by atoms with Crippen molar-refractivity contribution in [1.29, 1.82) is 0 Å². The fraction of sp³-hybridized carbons (Fsp3) is 0.500. The van der Waals surface area contributed by atoms with E-state index < -0.39 is 41.2 Å². The molecule has 0 saturated carbocycles. The second-order valence-electron chi connectivity index (χ2n) is 5.66. The lowest BCUT2D eigenvalue weighted by Crippen LogP contribution is -2.25. The zero-order valence-electron chi connectivity index (χ0n) is 14.2. The molecular weight excluding hydrogens is 475 g/mol. The van der Waals surface area contributed by atoms with Gasteiger partial charge in [0.1, 0.15) is 30.8 Å². The van der Waals surface area contributed by atoms with Crippen LogP contribution in [0.2, 0.25) is 0 Å². The quantitative estimate of drug-likeness (QED) is 0.309. The first-order chi connectivity index (χ1) is 13.5. The van der Waals surface area contributed by atoms with E-state index in [1.807, 2.05) is 0 Å². The van der Waals surface area contributed by atoms with E-state index >= 15 is 0 Å². The number of anilines is 1. The number of rotatable bonds is 8. The summed E-state index contributed by atoms with van der Waals surface area (Å²) in [6.45, 7) is -0.327. The molecule has 160 valence electrons. The van der Waals surface area contributed by atoms with Crippen LogP contribution in [0.4, 0.5) is 5.82 Å². The van der Waals surface area contributed by atoms with Gasteiger partial charge in [0.2, 0.25) is 11.8 Å². The molecule has 0 aromatic carbocycles. The van der Waals surface area contributed by atoms with Crippen molar-refractivity contribution < 1.29 is 46.8 Å². The Morgan fingerprint density at radius 1 is 1.34 bits per heavy atom. The number of aliphatic hydroxyl groups excluding tert-OH is 1. The van der Waals surface area contributed by atoms with Crippen LogP contribution >= 0.6 is 22.8 Å². The van der Waals surface area contributed by atoms with Gasteiger partial charge in [0, 0.05) is 6.42 Å². The smallest absolute Gasteiger partial charge is 0.390 e. The Balaban J connectivity index is 1.59. The molecule has 0 amide bonds. The fourth-order valence-corrected chi connectivity index (χ4v) is 6.04. The highest BCUT2D eigenvalue weighted by atomic mass is 32.4. The molecule has 19 heteroatoms. The van der Waals surface area contributed by atoms with E-state index in [0.29, 0.717) is 11.2 Å². The van der Waals surface area contributed by atoms with Crippen LogP contribution < -0.4 is 5.73 Å². The highest BCUT2D eigenvalue weighted by Gasteiger charge is 2.42. The summed E-state index contributed by atoms with van der Waals surface area (Å²) in [6.07, 6.45) is 0.324. The predicted molar refractivity (Wildman–Crippen MR) is 98.5 cm³/mol. The van der Waals surface area contributed by atoms with Crippen molar-refractivity contribution in [2.75, 3.05) is 12.3 Å². The van der Waals surface area contributed by atoms with Crippen molar-refractivity contribution in [3.63, 3.8) is 0 Å². The molecule has 1 fully saturated rings. The van der Waals surface area contributed by atoms with Crippen molar-refractivity contribution in [3.05, 3.63) is 12.7 Å². The minimum Gasteiger partial charge on any atom is -0.390 e. The maximum atomic E-state index is 11.4. The van der Waals surface area contributed by atoms with E-state index in [4.69, 9.17) is 36.6 Å². The van der Waals surface area contributed by atoms with Crippen molar-refractivity contribution in [3.8, 4) is 0 Å². The molecule has 1 saturated heterocycles. The predicted octanol–water partition coefficient (Wildman–Crippen LogP) is 0.0736. The minimum atomic E-state index is -5.28. The molecule has 2 unspecified atom stereocenters. The SMILES string of the molecule is Nc1ncnc2c1ncn2[C@H]1C[C@@H](O)[C@@H](CO[P+](=S)OP(=O)(O)OP(=O)(O)O)O1. The second-order valence-corrected chi connectivity index (χ2v) is 10.5. The molecule has 3 rings (SSSR count). The molecule has 2 aromatic rings. The third-order valence-electron chi connectivity index (χ3n) is 3.63. The van der Waals surface area contributed by atoms with Gasteiger partial charge < -0.3 is 25.4 Å². The average Bonchev–Trinajstić information content (AvgIpc) is 3.14. The van der Waals surface area contributed by atoms with E-state index in [-0.39, 0.29) is 18.8 Å². The monoisotopic (exact) mass is 490 g/mol. The topological polar surface area (TPSA) is 222 Å². The molecule has 0 spiro atoms. The van der Waals surface area contributed by atoms with Gasteiger partial charge in [-0.25, -0.2) is 24.1 Å². The number of fused-ring (bicyclic) bond motifs is 1. The standard InChI is InChI=1S/C10H14N5O10P3S/c11-9-8-10(13-3-12-9)15(4-14-8)7-1-5(16)6(23-7)2-22-26(29)24-28(20,21)25-27(17,18)19/h3-7,16H,1-2H2,(H4-,11,12,13,17,18,19,20,21)/p+1/t5-,6-,7-/m1/s1. The summed E-state index contributed by atoms with van der Waals surface area (Å²) >= 11 is 4.71. The maximum Gasteiger partial charge on any atom is 0.532 e. The molecule has 2 aromatic heterocycles. The lowest BCUT2D eigenvalue weighted by Gasteiger charge is -2.13. The summed E-state index contributed by atoms with van der Waals surface area (Å²) < 4.78 is 42.3. The number of phosphoric acid groups is 2. The zero-order valence-corrected chi connectivity index (χ0v) is 17.7. The molecule has 29 heavy (non-hydrogen) atoms. The van der Waals surface area contributed by atoms with E-state index in [1.165, 1.54) is 12.7 Å². The molecule has 5 atom stereocenters. The highest BCUT2D eigenvalue weighted by molar-refractivity contribution is 8.02. The van der Waals surface area contributed by atoms with E-state index in [2.05, 4.69) is 23.6 Å². The van der Waals surface area contributed by atoms with Crippen LogP contribution in [0.3, 0.4) is 0 Å². The molecule has 3 heterocycles. The molecule has 0 aliphatic carbocycles. The molecular formula is C10H15N5O10P3S+.